The molecule has 1 N–H and O–H groups in total. The summed E-state index contributed by atoms with van der Waals surface area (Å²) in [4.78, 5) is 14.1. The zero-order valence-electron chi connectivity index (χ0n) is 13.9. The van der Waals surface area contributed by atoms with Gasteiger partial charge in [0.25, 0.3) is 5.91 Å². The molecule has 1 aliphatic heterocycles. The first-order chi connectivity index (χ1) is 10.7. The number of nitrogens with one attached hydrogen (secondary N) is 1. The number of unbranched alkanes of at least 4 members (excludes halogenated alkanes) is 3. The van der Waals surface area contributed by atoms with Crippen LogP contribution in [0.4, 0.5) is 0 Å². The van der Waals surface area contributed by atoms with E-state index in [0.29, 0.717) is 11.7 Å². The van der Waals surface area contributed by atoms with E-state index in [2.05, 4.69) is 22.2 Å². The lowest BCUT2D eigenvalue weighted by molar-refractivity contribution is 0.0786. The van der Waals surface area contributed by atoms with Crippen LogP contribution in [-0.4, -0.2) is 52.5 Å². The van der Waals surface area contributed by atoms with Crippen molar-refractivity contribution in [3.8, 4) is 0 Å². The summed E-state index contributed by atoms with van der Waals surface area (Å²) >= 11 is 0. The highest BCUT2D eigenvalue weighted by molar-refractivity contribution is 5.91. The van der Waals surface area contributed by atoms with Crippen LogP contribution in [0.1, 0.15) is 55.1 Å². The zero-order chi connectivity index (χ0) is 15.8. The standard InChI is InChI=1S/C16H27N5O.ClH/c1-3-4-5-6-7-12-20(2)16(22)15-13-21(19-18-15)14-8-10-17-11-9-14;/h3,13-14,17H,1,4-12H2,2H3;1H. The van der Waals surface area contributed by atoms with Crippen molar-refractivity contribution in [2.75, 3.05) is 26.7 Å². The van der Waals surface area contributed by atoms with Crippen LogP contribution in [0.2, 0.25) is 0 Å². The number of halogens is 1. The number of nitrogens with zero attached hydrogens (tertiary/aromatic N) is 4. The molecule has 1 saturated heterocycles. The van der Waals surface area contributed by atoms with Gasteiger partial charge >= 0.3 is 0 Å². The van der Waals surface area contributed by atoms with Crippen molar-refractivity contribution in [1.82, 2.24) is 25.2 Å². The van der Waals surface area contributed by atoms with Gasteiger partial charge in [-0.25, -0.2) is 4.68 Å². The molecule has 0 aliphatic carbocycles. The molecule has 130 valence electrons. The molecule has 0 radical (unpaired) electrons. The lowest BCUT2D eigenvalue weighted by Gasteiger charge is -2.22. The van der Waals surface area contributed by atoms with Gasteiger partial charge in [-0.2, -0.15) is 0 Å². The Hall–Kier alpha value is -1.40. The number of carbonyl (C=O) groups is 1. The fraction of sp³-hybridized carbons (Fsp3) is 0.688. The van der Waals surface area contributed by atoms with Crippen molar-refractivity contribution in [3.05, 3.63) is 24.5 Å². The van der Waals surface area contributed by atoms with Gasteiger partial charge < -0.3 is 10.2 Å². The van der Waals surface area contributed by atoms with Gasteiger partial charge in [0.2, 0.25) is 0 Å². The van der Waals surface area contributed by atoms with Crippen molar-refractivity contribution in [1.29, 1.82) is 0 Å². The normalized spacial score (nSPS) is 15.0. The molecule has 2 rings (SSSR count). The summed E-state index contributed by atoms with van der Waals surface area (Å²) in [6.07, 6.45) is 10.1. The van der Waals surface area contributed by atoms with Crippen LogP contribution < -0.4 is 5.32 Å². The van der Waals surface area contributed by atoms with E-state index in [1.807, 2.05) is 17.8 Å². The van der Waals surface area contributed by atoms with E-state index in [4.69, 9.17) is 0 Å². The molecular weight excluding hydrogens is 314 g/mol. The molecule has 0 spiro atoms. The highest BCUT2D eigenvalue weighted by atomic mass is 35.5. The summed E-state index contributed by atoms with van der Waals surface area (Å²) in [6, 6.07) is 0.361. The molecule has 23 heavy (non-hydrogen) atoms. The summed E-state index contributed by atoms with van der Waals surface area (Å²) in [5.41, 5.74) is 0.451. The first-order valence-electron chi connectivity index (χ1n) is 8.21. The summed E-state index contributed by atoms with van der Waals surface area (Å²) in [6.45, 7) is 6.47. The van der Waals surface area contributed by atoms with Crippen LogP contribution in [0.25, 0.3) is 0 Å². The van der Waals surface area contributed by atoms with Gasteiger partial charge in [0.05, 0.1) is 12.2 Å². The Kier molecular flexibility index (Phi) is 8.87. The molecule has 6 nitrogen and oxygen atoms in total. The number of piperidine rings is 1. The van der Waals surface area contributed by atoms with Crippen LogP contribution in [0.5, 0.6) is 0 Å². The Bertz CT molecular complexity index is 485. The zero-order valence-corrected chi connectivity index (χ0v) is 14.7. The topological polar surface area (TPSA) is 63.1 Å². The third kappa shape index (κ3) is 5.95. The van der Waals surface area contributed by atoms with E-state index in [9.17, 15) is 4.79 Å². The molecule has 1 fully saturated rings. The van der Waals surface area contributed by atoms with Gasteiger partial charge in [-0.05, 0) is 45.2 Å². The van der Waals surface area contributed by atoms with Crippen LogP contribution in [0, 0.1) is 0 Å². The Morgan fingerprint density at radius 3 is 2.87 bits per heavy atom. The third-order valence-corrected chi connectivity index (χ3v) is 4.16. The molecule has 0 bridgehead atoms. The number of hydrogen-bond donors (Lipinski definition) is 1. The molecule has 1 aromatic rings. The van der Waals surface area contributed by atoms with Crippen molar-refractivity contribution in [3.63, 3.8) is 0 Å². The molecule has 7 heteroatoms. The minimum Gasteiger partial charge on any atom is -0.340 e. The smallest absolute Gasteiger partial charge is 0.275 e. The number of rotatable bonds is 8. The maximum atomic E-state index is 12.3. The average Bonchev–Trinajstić information content (AvgIpc) is 3.04. The fourth-order valence-corrected chi connectivity index (χ4v) is 2.74. The predicted molar refractivity (Wildman–Crippen MR) is 94.0 cm³/mol. The average molecular weight is 342 g/mol. The molecule has 0 aromatic carbocycles. The second-order valence-corrected chi connectivity index (χ2v) is 5.93. The lowest BCUT2D eigenvalue weighted by Crippen LogP contribution is -2.30. The van der Waals surface area contributed by atoms with E-state index < -0.39 is 0 Å². The van der Waals surface area contributed by atoms with Crippen molar-refractivity contribution in [2.24, 2.45) is 0 Å². The largest absolute Gasteiger partial charge is 0.340 e. The second-order valence-electron chi connectivity index (χ2n) is 5.93. The van der Waals surface area contributed by atoms with E-state index in [1.54, 1.807) is 11.1 Å². The van der Waals surface area contributed by atoms with Gasteiger partial charge in [-0.1, -0.05) is 17.7 Å². The minimum absolute atomic E-state index is 0. The predicted octanol–water partition coefficient (Wildman–Crippen LogP) is 2.44. The third-order valence-electron chi connectivity index (χ3n) is 4.16. The molecule has 0 unspecified atom stereocenters. The van der Waals surface area contributed by atoms with E-state index in [-0.39, 0.29) is 18.3 Å². The van der Waals surface area contributed by atoms with Crippen molar-refractivity contribution in [2.45, 2.75) is 44.6 Å². The van der Waals surface area contributed by atoms with Crippen molar-refractivity contribution < 1.29 is 4.79 Å². The summed E-state index contributed by atoms with van der Waals surface area (Å²) in [5.74, 6) is -0.0381. The minimum atomic E-state index is -0.0381. The molecular formula is C16H28ClN5O. The van der Waals surface area contributed by atoms with Gasteiger partial charge in [-0.3, -0.25) is 4.79 Å². The molecule has 0 atom stereocenters. The van der Waals surface area contributed by atoms with Crippen LogP contribution in [0.15, 0.2) is 18.9 Å². The number of aromatic nitrogens is 3. The highest BCUT2D eigenvalue weighted by Crippen LogP contribution is 2.17. The van der Waals surface area contributed by atoms with Gasteiger partial charge in [0, 0.05) is 13.6 Å². The number of carbonyl (C=O) groups excluding carboxylic acids is 1. The Morgan fingerprint density at radius 1 is 1.43 bits per heavy atom. The van der Waals surface area contributed by atoms with E-state index in [0.717, 1.165) is 58.2 Å². The van der Waals surface area contributed by atoms with Gasteiger partial charge in [0.1, 0.15) is 0 Å². The van der Waals surface area contributed by atoms with E-state index >= 15 is 0 Å². The van der Waals surface area contributed by atoms with Crippen molar-refractivity contribution >= 4 is 18.3 Å². The molecule has 1 aromatic heterocycles. The molecule has 2 heterocycles. The second kappa shape index (κ2) is 10.4. The maximum Gasteiger partial charge on any atom is 0.275 e. The summed E-state index contributed by atoms with van der Waals surface area (Å²) < 4.78 is 1.85. The maximum absolute atomic E-state index is 12.3. The number of amides is 1. The Morgan fingerprint density at radius 2 is 2.17 bits per heavy atom. The molecule has 0 saturated carbocycles. The number of hydrogen-bond acceptors (Lipinski definition) is 4. The summed E-state index contributed by atoms with van der Waals surface area (Å²) in [5, 5.41) is 11.5. The first-order valence-corrected chi connectivity index (χ1v) is 8.21. The lowest BCUT2D eigenvalue weighted by atomic mass is 10.1. The first kappa shape index (κ1) is 19.6. The van der Waals surface area contributed by atoms with Crippen LogP contribution >= 0.6 is 12.4 Å². The molecule has 1 aliphatic rings. The fourth-order valence-electron chi connectivity index (χ4n) is 2.74. The summed E-state index contributed by atoms with van der Waals surface area (Å²) in [7, 11) is 1.83. The van der Waals surface area contributed by atoms with Crippen LogP contribution in [0.3, 0.4) is 0 Å². The molecule has 1 amide bonds. The Balaban J connectivity index is 0.00000264. The van der Waals surface area contributed by atoms with Crippen LogP contribution in [-0.2, 0) is 0 Å². The Labute approximate surface area is 144 Å². The highest BCUT2D eigenvalue weighted by Gasteiger charge is 2.20. The monoisotopic (exact) mass is 341 g/mol. The quantitative estimate of drug-likeness (QED) is 0.582. The number of allylic oxidation sites excluding steroid dienone is 1. The van der Waals surface area contributed by atoms with Gasteiger partial charge in [-0.15, -0.1) is 24.1 Å². The van der Waals surface area contributed by atoms with Gasteiger partial charge in [0.15, 0.2) is 5.69 Å². The SMILES string of the molecule is C=CCCCCCN(C)C(=O)c1cn(C2CCNCC2)nn1.Cl. The van der Waals surface area contributed by atoms with E-state index in [1.165, 1.54) is 0 Å².